The average molecular weight is 523 g/mol. The van der Waals surface area contributed by atoms with Crippen molar-refractivity contribution in [2.24, 2.45) is 16.7 Å². The van der Waals surface area contributed by atoms with Gasteiger partial charge < -0.3 is 20.3 Å². The first-order chi connectivity index (χ1) is 16.4. The molecule has 0 radical (unpaired) electrons. The standard InChI is InChI=1S/C25H28Cl2N2O6/c1-24(2)17(9-10-25(24,3)23(33)34)21(30)29-20(22(31)32)11-14-7-8-15(12-28-14)35-13-16-18(26)5-4-6-19(16)27/h4-8,12,17,20H,9-11,13H2,1-3H3,(H,29,30)(H,31,32)(H,33,34)/t17-,20?,25+/m1/s1. The monoisotopic (exact) mass is 522 g/mol. The molecule has 10 heteroatoms. The topological polar surface area (TPSA) is 126 Å². The number of hydrogen-bond donors (Lipinski definition) is 3. The van der Waals surface area contributed by atoms with Gasteiger partial charge in [-0.3, -0.25) is 14.6 Å². The quantitative estimate of drug-likeness (QED) is 0.438. The third-order valence-electron chi connectivity index (χ3n) is 7.29. The van der Waals surface area contributed by atoms with Gasteiger partial charge in [-0.25, -0.2) is 4.79 Å². The van der Waals surface area contributed by atoms with Crippen molar-refractivity contribution in [2.75, 3.05) is 0 Å². The maximum atomic E-state index is 13.0. The molecule has 1 aliphatic rings. The van der Waals surface area contributed by atoms with E-state index in [2.05, 4.69) is 10.3 Å². The van der Waals surface area contributed by atoms with Crippen LogP contribution in [0.15, 0.2) is 36.5 Å². The number of benzene rings is 1. The van der Waals surface area contributed by atoms with E-state index in [4.69, 9.17) is 27.9 Å². The van der Waals surface area contributed by atoms with Gasteiger partial charge in [0.05, 0.1) is 11.6 Å². The fraction of sp³-hybridized carbons (Fsp3) is 0.440. The van der Waals surface area contributed by atoms with Crippen LogP contribution in [0, 0.1) is 16.7 Å². The number of halogens is 2. The van der Waals surface area contributed by atoms with E-state index in [-0.39, 0.29) is 13.0 Å². The number of nitrogens with one attached hydrogen (secondary N) is 1. The van der Waals surface area contributed by atoms with Crippen molar-refractivity contribution in [3.8, 4) is 5.75 Å². The Morgan fingerprint density at radius 2 is 1.80 bits per heavy atom. The molecule has 1 amide bonds. The summed E-state index contributed by atoms with van der Waals surface area (Å²) < 4.78 is 5.69. The summed E-state index contributed by atoms with van der Waals surface area (Å²) in [5.74, 6) is -2.81. The molecule has 1 unspecified atom stereocenters. The number of aromatic nitrogens is 1. The van der Waals surface area contributed by atoms with Crippen LogP contribution in [-0.4, -0.2) is 39.1 Å². The number of hydrogen-bond acceptors (Lipinski definition) is 5. The molecule has 0 saturated heterocycles. The van der Waals surface area contributed by atoms with Crippen molar-refractivity contribution in [2.45, 2.75) is 52.7 Å². The second kappa shape index (κ2) is 10.4. The van der Waals surface area contributed by atoms with Crippen molar-refractivity contribution in [1.29, 1.82) is 0 Å². The van der Waals surface area contributed by atoms with Gasteiger partial charge in [-0.1, -0.05) is 43.1 Å². The van der Waals surface area contributed by atoms with Crippen molar-refractivity contribution in [1.82, 2.24) is 10.3 Å². The molecule has 3 rings (SSSR count). The van der Waals surface area contributed by atoms with Gasteiger partial charge in [0.25, 0.3) is 0 Å². The van der Waals surface area contributed by atoms with Crippen LogP contribution in [0.3, 0.4) is 0 Å². The minimum atomic E-state index is -1.21. The largest absolute Gasteiger partial charge is 0.487 e. The number of rotatable bonds is 9. The number of carbonyl (C=O) groups excluding carboxylic acids is 1. The Morgan fingerprint density at radius 1 is 1.14 bits per heavy atom. The lowest BCUT2D eigenvalue weighted by molar-refractivity contribution is -0.155. The number of aliphatic carboxylic acids is 2. The zero-order valence-corrected chi connectivity index (χ0v) is 21.2. The molecule has 35 heavy (non-hydrogen) atoms. The molecule has 2 aromatic rings. The smallest absolute Gasteiger partial charge is 0.326 e. The van der Waals surface area contributed by atoms with E-state index < -0.39 is 40.6 Å². The second-order valence-corrected chi connectivity index (χ2v) is 10.3. The lowest BCUT2D eigenvalue weighted by atomic mass is 9.65. The summed E-state index contributed by atoms with van der Waals surface area (Å²) in [7, 11) is 0. The van der Waals surface area contributed by atoms with Crippen molar-refractivity contribution in [3.05, 3.63) is 57.8 Å². The molecule has 8 nitrogen and oxygen atoms in total. The molecule has 1 aromatic carbocycles. The Balaban J connectivity index is 1.64. The highest BCUT2D eigenvalue weighted by molar-refractivity contribution is 6.35. The van der Waals surface area contributed by atoms with Crippen LogP contribution in [0.2, 0.25) is 10.0 Å². The summed E-state index contributed by atoms with van der Waals surface area (Å²) in [6.45, 7) is 5.25. The minimum Gasteiger partial charge on any atom is -0.487 e. The molecule has 0 bridgehead atoms. The third kappa shape index (κ3) is 5.54. The van der Waals surface area contributed by atoms with Gasteiger partial charge in [0.2, 0.25) is 5.91 Å². The Kier molecular flexibility index (Phi) is 7.97. The van der Waals surface area contributed by atoms with Crippen LogP contribution < -0.4 is 10.1 Å². The predicted octanol–water partition coefficient (Wildman–Crippen LogP) is 4.61. The van der Waals surface area contributed by atoms with E-state index in [1.54, 1.807) is 51.1 Å². The van der Waals surface area contributed by atoms with E-state index >= 15 is 0 Å². The number of ether oxygens (including phenoxy) is 1. The number of amides is 1. The SMILES string of the molecule is CC1(C)[C@@H](C(=O)NC(Cc2ccc(OCc3c(Cl)cccc3Cl)cn2)C(=O)O)CC[C@@]1(C)C(=O)O. The van der Waals surface area contributed by atoms with Crippen LogP contribution in [0.25, 0.3) is 0 Å². The number of carboxylic acids is 2. The van der Waals surface area contributed by atoms with E-state index in [0.29, 0.717) is 39.9 Å². The summed E-state index contributed by atoms with van der Waals surface area (Å²) in [5.41, 5.74) is -0.822. The lowest BCUT2D eigenvalue weighted by Crippen LogP contribution is -2.49. The summed E-state index contributed by atoms with van der Waals surface area (Å²) in [6.07, 6.45) is 2.13. The van der Waals surface area contributed by atoms with Crippen LogP contribution in [-0.2, 0) is 27.4 Å². The number of pyridine rings is 1. The second-order valence-electron chi connectivity index (χ2n) is 9.53. The molecule has 188 valence electrons. The fourth-order valence-electron chi connectivity index (χ4n) is 4.47. The van der Waals surface area contributed by atoms with Gasteiger partial charge in [0.15, 0.2) is 0 Å². The van der Waals surface area contributed by atoms with Crippen LogP contribution in [0.5, 0.6) is 5.75 Å². The molecule has 1 fully saturated rings. The van der Waals surface area contributed by atoms with Gasteiger partial charge in [-0.15, -0.1) is 0 Å². The zero-order chi connectivity index (χ0) is 26.0. The van der Waals surface area contributed by atoms with Crippen LogP contribution >= 0.6 is 23.2 Å². The van der Waals surface area contributed by atoms with Crippen LogP contribution in [0.4, 0.5) is 0 Å². The minimum absolute atomic E-state index is 0.0406. The Hall–Kier alpha value is -2.84. The molecule has 1 aliphatic carbocycles. The Morgan fingerprint density at radius 3 is 2.31 bits per heavy atom. The van der Waals surface area contributed by atoms with Gasteiger partial charge in [0, 0.05) is 33.6 Å². The third-order valence-corrected chi connectivity index (χ3v) is 7.99. The predicted molar refractivity (Wildman–Crippen MR) is 131 cm³/mol. The first-order valence-electron chi connectivity index (χ1n) is 11.1. The zero-order valence-electron chi connectivity index (χ0n) is 19.7. The Bertz CT molecular complexity index is 1100. The average Bonchev–Trinajstić information content (AvgIpc) is 3.03. The molecular weight excluding hydrogens is 495 g/mol. The van der Waals surface area contributed by atoms with Crippen molar-refractivity contribution >= 4 is 41.0 Å². The summed E-state index contributed by atoms with van der Waals surface area (Å²) in [4.78, 5) is 40.9. The summed E-state index contributed by atoms with van der Waals surface area (Å²) >= 11 is 12.3. The van der Waals surface area contributed by atoms with Gasteiger partial charge in [-0.05, 0) is 49.4 Å². The first kappa shape index (κ1) is 26.8. The first-order valence-corrected chi connectivity index (χ1v) is 11.9. The fourth-order valence-corrected chi connectivity index (χ4v) is 4.97. The molecule has 1 saturated carbocycles. The Labute approximate surface area is 213 Å². The van der Waals surface area contributed by atoms with E-state index in [1.807, 2.05) is 0 Å². The molecule has 0 aliphatic heterocycles. The lowest BCUT2D eigenvalue weighted by Gasteiger charge is -2.38. The number of carbonyl (C=O) groups is 3. The molecule has 3 N–H and O–H groups in total. The van der Waals surface area contributed by atoms with E-state index in [9.17, 15) is 24.6 Å². The molecule has 1 heterocycles. The maximum Gasteiger partial charge on any atom is 0.326 e. The highest BCUT2D eigenvalue weighted by Crippen LogP contribution is 2.56. The molecule has 1 aromatic heterocycles. The van der Waals surface area contributed by atoms with Crippen LogP contribution in [0.1, 0.15) is 44.9 Å². The van der Waals surface area contributed by atoms with Crippen molar-refractivity contribution in [3.63, 3.8) is 0 Å². The van der Waals surface area contributed by atoms with E-state index in [1.165, 1.54) is 6.20 Å². The highest BCUT2D eigenvalue weighted by Gasteiger charge is 2.58. The van der Waals surface area contributed by atoms with E-state index in [0.717, 1.165) is 0 Å². The number of nitrogens with zero attached hydrogens (tertiary/aromatic N) is 1. The maximum absolute atomic E-state index is 13.0. The molecule has 0 spiro atoms. The van der Waals surface area contributed by atoms with Crippen molar-refractivity contribution < 1.29 is 29.3 Å². The number of carboxylic acid groups (broad SMARTS) is 2. The summed E-state index contributed by atoms with van der Waals surface area (Å²) in [5, 5.41) is 22.9. The molecule has 3 atom stereocenters. The molecular formula is C25H28Cl2N2O6. The van der Waals surface area contributed by atoms with Gasteiger partial charge in [0.1, 0.15) is 18.4 Å². The van der Waals surface area contributed by atoms with Gasteiger partial charge in [-0.2, -0.15) is 0 Å². The highest BCUT2D eigenvalue weighted by atomic mass is 35.5. The normalized spacial score (nSPS) is 21.8. The summed E-state index contributed by atoms with van der Waals surface area (Å²) in [6, 6.07) is 7.21. The van der Waals surface area contributed by atoms with Gasteiger partial charge >= 0.3 is 11.9 Å².